The number of primary amides is 1. The van der Waals surface area contributed by atoms with E-state index in [1.807, 2.05) is 25.1 Å². The number of nitrogens with two attached hydrogens (primary N) is 1. The number of anilines is 1. The van der Waals surface area contributed by atoms with Crippen molar-refractivity contribution >= 4 is 34.6 Å². The largest absolute Gasteiger partial charge is 0.508 e. The highest BCUT2D eigenvalue weighted by atomic mass is 16.3. The monoisotopic (exact) mass is 539 g/mol. The van der Waals surface area contributed by atoms with Gasteiger partial charge in [-0.15, -0.1) is 9.81 Å². The lowest BCUT2D eigenvalue weighted by atomic mass is 9.58. The molecule has 0 saturated heterocycles. The average Bonchev–Trinajstić information content (AvgIpc) is 2.85. The Kier molecular flexibility index (Phi) is 7.44. The Morgan fingerprint density at radius 1 is 1.23 bits per heavy atom. The van der Waals surface area contributed by atoms with Crippen LogP contribution in [0.3, 0.4) is 0 Å². The van der Waals surface area contributed by atoms with Gasteiger partial charge in [0.15, 0.2) is 5.78 Å². The number of nitrogens with zero attached hydrogens (tertiary/aromatic N) is 3. The highest BCUT2D eigenvalue weighted by Crippen LogP contribution is 2.54. The number of nitrogens with one attached hydrogen (secondary N) is 1. The van der Waals surface area contributed by atoms with E-state index in [0.29, 0.717) is 23.6 Å². The van der Waals surface area contributed by atoms with Gasteiger partial charge < -0.3 is 26.2 Å². The van der Waals surface area contributed by atoms with Crippen LogP contribution in [0.1, 0.15) is 49.8 Å². The summed E-state index contributed by atoms with van der Waals surface area (Å²) in [5.41, 5.74) is 3.65. The van der Waals surface area contributed by atoms with Crippen LogP contribution in [0.25, 0.3) is 5.76 Å². The summed E-state index contributed by atoms with van der Waals surface area (Å²) in [6.45, 7) is 5.17. The molecule has 1 amide bonds. The maximum absolute atomic E-state index is 13.9. The fourth-order valence-corrected chi connectivity index (χ4v) is 6.13. The first-order valence-corrected chi connectivity index (χ1v) is 12.9. The summed E-state index contributed by atoms with van der Waals surface area (Å²) in [5.74, 6) is -5.88. The number of amides is 1. The summed E-state index contributed by atoms with van der Waals surface area (Å²) in [6, 6.07) is 1.83. The van der Waals surface area contributed by atoms with Crippen LogP contribution < -0.4 is 16.0 Å². The number of carbonyl (C=O) groups is 3. The number of carbonyl (C=O) groups excluding carboxylic acids is 3. The van der Waals surface area contributed by atoms with Crippen molar-refractivity contribution in [2.75, 3.05) is 25.5 Å². The van der Waals surface area contributed by atoms with Crippen LogP contribution in [-0.4, -0.2) is 53.9 Å². The van der Waals surface area contributed by atoms with Crippen LogP contribution in [0, 0.1) is 27.6 Å². The van der Waals surface area contributed by atoms with Crippen LogP contribution in [-0.2, 0) is 27.3 Å². The fraction of sp³-hybridized carbons (Fsp3) is 0.519. The van der Waals surface area contributed by atoms with Crippen molar-refractivity contribution in [3.63, 3.8) is 0 Å². The van der Waals surface area contributed by atoms with E-state index < -0.39 is 51.9 Å². The minimum absolute atomic E-state index is 0.0319. The molecule has 0 radical (unpaired) electrons. The number of rotatable bonds is 9. The van der Waals surface area contributed by atoms with Crippen LogP contribution in [0.15, 0.2) is 33.3 Å². The second kappa shape index (κ2) is 10.3. The number of hydrogen-bond acceptors (Lipinski definition) is 11. The number of aliphatic hydroxyl groups is 2. The Morgan fingerprint density at radius 2 is 1.92 bits per heavy atom. The molecule has 1 aromatic rings. The van der Waals surface area contributed by atoms with E-state index in [0.717, 1.165) is 12.1 Å². The van der Waals surface area contributed by atoms with Crippen molar-refractivity contribution in [2.45, 2.75) is 51.6 Å². The zero-order valence-corrected chi connectivity index (χ0v) is 22.4. The number of ketones is 2. The molecule has 5 N–H and O–H groups in total. The van der Waals surface area contributed by atoms with Crippen molar-refractivity contribution in [2.24, 2.45) is 33.8 Å². The van der Waals surface area contributed by atoms with E-state index in [1.165, 1.54) is 0 Å². The number of hydrogen-bond donors (Lipinski definition) is 4. The SMILES string of the molecule is CC(C)CCNCc1cc(N(C)C)c2c(c1N=O)C(O)=C1C(=O)[C@]3(N=O)C(O)=C(C(N)=O)C(=O)C[C@@H]3C[C@@H]1C2. The maximum atomic E-state index is 13.9. The van der Waals surface area contributed by atoms with Crippen molar-refractivity contribution < 1.29 is 24.6 Å². The van der Waals surface area contributed by atoms with Gasteiger partial charge in [-0.25, -0.2) is 0 Å². The van der Waals surface area contributed by atoms with E-state index in [4.69, 9.17) is 5.73 Å². The van der Waals surface area contributed by atoms with E-state index in [1.54, 1.807) is 0 Å². The molecule has 0 aliphatic heterocycles. The summed E-state index contributed by atoms with van der Waals surface area (Å²) in [7, 11) is 3.63. The quantitative estimate of drug-likeness (QED) is 0.207. The van der Waals surface area contributed by atoms with Crippen molar-refractivity contribution in [3.8, 4) is 0 Å². The van der Waals surface area contributed by atoms with Gasteiger partial charge in [0, 0.05) is 44.2 Å². The summed E-state index contributed by atoms with van der Waals surface area (Å²) in [5, 5.41) is 31.9. The summed E-state index contributed by atoms with van der Waals surface area (Å²) >= 11 is 0. The van der Waals surface area contributed by atoms with Gasteiger partial charge in [0.2, 0.25) is 11.3 Å². The first kappa shape index (κ1) is 28.1. The molecule has 0 spiro atoms. The van der Waals surface area contributed by atoms with E-state index in [9.17, 15) is 34.4 Å². The Morgan fingerprint density at radius 3 is 2.49 bits per heavy atom. The van der Waals surface area contributed by atoms with Gasteiger partial charge in [0.1, 0.15) is 22.8 Å². The molecule has 0 bridgehead atoms. The van der Waals surface area contributed by atoms with Crippen molar-refractivity contribution in [3.05, 3.63) is 49.5 Å². The standard InChI is InChI=1S/C27H33N5O7/c1-12(2)5-6-29-11-14-9-17(32(3)4)16-8-13-7-15-10-18(33)21(26(28)37)25(36)27(15,31-39)24(35)19(13)23(34)20(16)22(14)30-38/h9,12-13,15,29,34,36H,5-8,10-11H2,1-4H3,(H2,28,37)/t13-,15+,27+/m1/s1. The molecule has 1 fully saturated rings. The lowest BCUT2D eigenvalue weighted by Crippen LogP contribution is -2.57. The first-order valence-electron chi connectivity index (χ1n) is 12.9. The second-order valence-electron chi connectivity index (χ2n) is 11.1. The Bertz CT molecular complexity index is 1350. The highest BCUT2D eigenvalue weighted by Gasteiger charge is 2.63. The van der Waals surface area contributed by atoms with Crippen LogP contribution >= 0.6 is 0 Å². The molecule has 3 atom stereocenters. The predicted molar refractivity (Wildman–Crippen MR) is 144 cm³/mol. The Labute approximate surface area is 225 Å². The summed E-state index contributed by atoms with van der Waals surface area (Å²) in [6.07, 6.45) is 0.785. The van der Waals surface area contributed by atoms with Gasteiger partial charge in [-0.3, -0.25) is 14.4 Å². The third-order valence-corrected chi connectivity index (χ3v) is 8.05. The van der Waals surface area contributed by atoms with Crippen LogP contribution in [0.2, 0.25) is 0 Å². The molecular formula is C27H33N5O7. The van der Waals surface area contributed by atoms with Crippen LogP contribution in [0.4, 0.5) is 11.4 Å². The molecule has 0 unspecified atom stereocenters. The number of aliphatic hydroxyl groups excluding tert-OH is 2. The number of benzene rings is 1. The summed E-state index contributed by atoms with van der Waals surface area (Å²) < 4.78 is 0. The predicted octanol–water partition coefficient (Wildman–Crippen LogP) is 3.09. The van der Waals surface area contributed by atoms with Crippen molar-refractivity contribution in [1.29, 1.82) is 0 Å². The lowest BCUT2D eigenvalue weighted by molar-refractivity contribution is -0.129. The first-order chi connectivity index (χ1) is 18.4. The molecule has 39 heavy (non-hydrogen) atoms. The van der Waals surface area contributed by atoms with Gasteiger partial charge in [0.05, 0.1) is 5.56 Å². The second-order valence-corrected chi connectivity index (χ2v) is 11.1. The number of Topliss-reactive ketones (excluding diaryl/α,β-unsaturated/α-hetero) is 2. The third kappa shape index (κ3) is 4.32. The minimum Gasteiger partial charge on any atom is -0.508 e. The highest BCUT2D eigenvalue weighted by molar-refractivity contribution is 6.23. The smallest absolute Gasteiger partial charge is 0.255 e. The molecule has 208 valence electrons. The molecule has 1 saturated carbocycles. The van der Waals surface area contributed by atoms with Gasteiger partial charge in [-0.1, -0.05) is 13.8 Å². The number of nitroso groups, excluding NO2 is 2. The van der Waals surface area contributed by atoms with Crippen molar-refractivity contribution in [1.82, 2.24) is 5.32 Å². The zero-order chi connectivity index (χ0) is 28.8. The topological polar surface area (TPSA) is 192 Å². The molecule has 3 aliphatic carbocycles. The molecule has 12 heteroatoms. The Hall–Kier alpha value is -3.93. The van der Waals surface area contributed by atoms with Gasteiger partial charge in [-0.2, -0.15) is 0 Å². The normalized spacial score (nSPS) is 24.3. The molecule has 4 rings (SSSR count). The van der Waals surface area contributed by atoms with Gasteiger partial charge >= 0.3 is 0 Å². The molecular weight excluding hydrogens is 506 g/mol. The van der Waals surface area contributed by atoms with Gasteiger partial charge in [-0.05, 0) is 65.2 Å². The molecule has 0 aromatic heterocycles. The van der Waals surface area contributed by atoms with Crippen LogP contribution in [0.5, 0.6) is 0 Å². The molecule has 12 nitrogen and oxygen atoms in total. The van der Waals surface area contributed by atoms with E-state index in [-0.39, 0.29) is 42.6 Å². The van der Waals surface area contributed by atoms with E-state index >= 15 is 0 Å². The maximum Gasteiger partial charge on any atom is 0.255 e. The zero-order valence-electron chi connectivity index (χ0n) is 22.4. The van der Waals surface area contributed by atoms with E-state index in [2.05, 4.69) is 29.5 Å². The third-order valence-electron chi connectivity index (χ3n) is 8.05. The molecule has 3 aliphatic rings. The number of fused-ring (bicyclic) bond motifs is 3. The average molecular weight is 540 g/mol. The minimum atomic E-state index is -2.48. The summed E-state index contributed by atoms with van der Waals surface area (Å²) in [4.78, 5) is 64.7. The fourth-order valence-electron chi connectivity index (χ4n) is 6.13. The molecule has 0 heterocycles. The Balaban J connectivity index is 1.91. The lowest BCUT2D eigenvalue weighted by Gasteiger charge is -2.45. The molecule has 1 aromatic carbocycles. The van der Waals surface area contributed by atoms with Gasteiger partial charge in [0.25, 0.3) is 5.91 Å².